The van der Waals surface area contributed by atoms with Crippen molar-refractivity contribution in [3.8, 4) is 5.75 Å². The number of aliphatic imine (C=N–C) groups is 2. The van der Waals surface area contributed by atoms with E-state index in [4.69, 9.17) is 14.7 Å². The largest absolute Gasteiger partial charge is 0.497 e. The number of hydrogen-bond acceptors (Lipinski definition) is 4. The topological polar surface area (TPSA) is 34.0 Å². The minimum atomic E-state index is 0.724. The van der Waals surface area contributed by atoms with Crippen molar-refractivity contribution in [2.24, 2.45) is 9.98 Å². The zero-order valence-electron chi connectivity index (χ0n) is 19.1. The molecule has 0 unspecified atom stereocenters. The van der Waals surface area contributed by atoms with Crippen molar-refractivity contribution < 1.29 is 4.74 Å². The van der Waals surface area contributed by atoms with Crippen LogP contribution < -0.4 is 4.74 Å². The average molecular weight is 451 g/mol. The first-order valence-corrected chi connectivity index (χ1v) is 12.1. The van der Waals surface area contributed by atoms with E-state index >= 15 is 0 Å². The van der Waals surface area contributed by atoms with Gasteiger partial charge < -0.3 is 4.74 Å². The number of thioether (sulfide) groups is 1. The molecular weight excluding hydrogens is 424 g/mol. The van der Waals surface area contributed by atoms with Crippen LogP contribution in [0.15, 0.2) is 93.7 Å². The Morgan fingerprint density at radius 1 is 0.758 bits per heavy atom. The van der Waals surface area contributed by atoms with Crippen molar-refractivity contribution in [2.75, 3.05) is 19.4 Å². The number of ether oxygens (including phenoxy) is 1. The second-order valence-corrected chi connectivity index (χ2v) is 9.33. The summed E-state index contributed by atoms with van der Waals surface area (Å²) in [6, 6.07) is 27.4. The fraction of sp³-hybridized carbons (Fsp3) is 0.172. The van der Waals surface area contributed by atoms with E-state index in [-0.39, 0.29) is 0 Å². The molecule has 5 rings (SSSR count). The first-order chi connectivity index (χ1) is 16.2. The lowest BCUT2D eigenvalue weighted by molar-refractivity contribution is 0.414. The molecule has 4 aromatic carbocycles. The third-order valence-corrected chi connectivity index (χ3v) is 6.98. The van der Waals surface area contributed by atoms with E-state index in [1.807, 2.05) is 12.1 Å². The molecule has 0 saturated carbocycles. The van der Waals surface area contributed by atoms with Crippen LogP contribution in [0.25, 0.3) is 10.8 Å². The van der Waals surface area contributed by atoms with Crippen LogP contribution in [0.4, 0.5) is 5.69 Å². The predicted molar refractivity (Wildman–Crippen MR) is 141 cm³/mol. The van der Waals surface area contributed by atoms with Crippen molar-refractivity contribution in [3.63, 3.8) is 0 Å². The summed E-state index contributed by atoms with van der Waals surface area (Å²) in [6.07, 6.45) is 0. The molecular formula is C29H26N2OS. The van der Waals surface area contributed by atoms with Crippen LogP contribution in [0.1, 0.15) is 22.3 Å². The molecule has 4 aromatic rings. The van der Waals surface area contributed by atoms with Crippen molar-refractivity contribution in [3.05, 3.63) is 101 Å². The Morgan fingerprint density at radius 3 is 2.06 bits per heavy atom. The van der Waals surface area contributed by atoms with E-state index in [1.54, 1.807) is 18.9 Å². The fourth-order valence-corrected chi connectivity index (χ4v) is 5.10. The van der Waals surface area contributed by atoms with Crippen molar-refractivity contribution >= 4 is 39.6 Å². The monoisotopic (exact) mass is 450 g/mol. The number of methoxy groups -OCH3 is 1. The van der Waals surface area contributed by atoms with Gasteiger partial charge in [0.2, 0.25) is 0 Å². The third kappa shape index (κ3) is 4.19. The molecule has 0 amide bonds. The minimum Gasteiger partial charge on any atom is -0.497 e. The fourth-order valence-electron chi connectivity index (χ4n) is 4.35. The lowest BCUT2D eigenvalue weighted by Gasteiger charge is -2.08. The lowest BCUT2D eigenvalue weighted by Crippen LogP contribution is -2.12. The molecule has 33 heavy (non-hydrogen) atoms. The number of aryl methyl sites for hydroxylation is 2. The zero-order valence-corrected chi connectivity index (χ0v) is 19.9. The molecule has 0 heterocycles. The van der Waals surface area contributed by atoms with Gasteiger partial charge in [0.25, 0.3) is 0 Å². The van der Waals surface area contributed by atoms with Gasteiger partial charge in [-0.15, -0.1) is 11.8 Å². The van der Waals surface area contributed by atoms with E-state index in [9.17, 15) is 0 Å². The van der Waals surface area contributed by atoms with Crippen LogP contribution >= 0.6 is 11.8 Å². The SMILES string of the molecule is COc1ccc(SCCN=C2C(=Nc3c(C)cccc3C)c3cccc4cccc2c34)cc1. The summed E-state index contributed by atoms with van der Waals surface area (Å²) in [5.41, 5.74) is 7.74. The highest BCUT2D eigenvalue weighted by molar-refractivity contribution is 7.99. The van der Waals surface area contributed by atoms with Gasteiger partial charge in [0.05, 0.1) is 24.2 Å². The Hall–Kier alpha value is -3.37. The zero-order chi connectivity index (χ0) is 22.8. The first kappa shape index (κ1) is 21.5. The van der Waals surface area contributed by atoms with Gasteiger partial charge >= 0.3 is 0 Å². The average Bonchev–Trinajstić information content (AvgIpc) is 3.14. The van der Waals surface area contributed by atoms with E-state index in [2.05, 4.69) is 80.6 Å². The molecule has 0 aliphatic heterocycles. The predicted octanol–water partition coefficient (Wildman–Crippen LogP) is 7.18. The van der Waals surface area contributed by atoms with Crippen LogP contribution in [0.5, 0.6) is 5.75 Å². The number of hydrogen-bond donors (Lipinski definition) is 0. The van der Waals surface area contributed by atoms with E-state index < -0.39 is 0 Å². The maximum absolute atomic E-state index is 5.25. The Kier molecular flexibility index (Phi) is 6.01. The van der Waals surface area contributed by atoms with Gasteiger partial charge in [-0.2, -0.15) is 0 Å². The van der Waals surface area contributed by atoms with Gasteiger partial charge in [-0.25, -0.2) is 4.99 Å². The standard InChI is InChI=1S/C29H26N2OS/c1-19-7-4-8-20(2)27(19)31-29-25-12-6-10-21-9-5-11-24(26(21)25)28(29)30-17-18-33-23-15-13-22(32-3)14-16-23/h4-16H,17-18H2,1-3H3. The normalized spacial score (nSPS) is 15.0. The maximum atomic E-state index is 5.25. The molecule has 164 valence electrons. The highest BCUT2D eigenvalue weighted by Gasteiger charge is 2.27. The number of rotatable bonds is 6. The lowest BCUT2D eigenvalue weighted by atomic mass is 10.1. The van der Waals surface area contributed by atoms with Crippen molar-refractivity contribution in [1.29, 1.82) is 0 Å². The van der Waals surface area contributed by atoms with Gasteiger partial charge in [0.15, 0.2) is 0 Å². The Balaban J connectivity index is 1.50. The van der Waals surface area contributed by atoms with Crippen LogP contribution in [-0.2, 0) is 0 Å². The smallest absolute Gasteiger partial charge is 0.118 e. The first-order valence-electron chi connectivity index (χ1n) is 11.1. The highest BCUT2D eigenvalue weighted by Crippen LogP contribution is 2.34. The van der Waals surface area contributed by atoms with Gasteiger partial charge in [0, 0.05) is 33.7 Å². The van der Waals surface area contributed by atoms with Crippen LogP contribution in [0.3, 0.4) is 0 Å². The molecule has 0 atom stereocenters. The van der Waals surface area contributed by atoms with E-state index in [0.29, 0.717) is 0 Å². The summed E-state index contributed by atoms with van der Waals surface area (Å²) in [4.78, 5) is 11.5. The summed E-state index contributed by atoms with van der Waals surface area (Å²) < 4.78 is 5.25. The summed E-state index contributed by atoms with van der Waals surface area (Å²) in [5.74, 6) is 1.78. The van der Waals surface area contributed by atoms with E-state index in [1.165, 1.54) is 37.9 Å². The molecule has 0 spiro atoms. The van der Waals surface area contributed by atoms with Crippen LogP contribution in [-0.4, -0.2) is 30.8 Å². The summed E-state index contributed by atoms with van der Waals surface area (Å²) in [5, 5.41) is 2.49. The number of nitrogens with zero attached hydrogens (tertiary/aromatic N) is 2. The van der Waals surface area contributed by atoms with Gasteiger partial charge in [-0.1, -0.05) is 54.6 Å². The minimum absolute atomic E-state index is 0.724. The molecule has 0 radical (unpaired) electrons. The van der Waals surface area contributed by atoms with Crippen molar-refractivity contribution in [2.45, 2.75) is 18.7 Å². The second-order valence-electron chi connectivity index (χ2n) is 8.16. The van der Waals surface area contributed by atoms with Crippen LogP contribution in [0, 0.1) is 13.8 Å². The third-order valence-electron chi connectivity index (χ3n) is 5.99. The number of para-hydroxylation sites is 1. The molecule has 1 aliphatic carbocycles. The maximum Gasteiger partial charge on any atom is 0.118 e. The molecule has 0 bridgehead atoms. The van der Waals surface area contributed by atoms with Crippen LogP contribution in [0.2, 0.25) is 0 Å². The number of benzene rings is 4. The molecule has 3 nitrogen and oxygen atoms in total. The quantitative estimate of drug-likeness (QED) is 0.230. The Morgan fingerprint density at radius 2 is 1.39 bits per heavy atom. The second kappa shape index (κ2) is 9.24. The molecule has 0 N–H and O–H groups in total. The van der Waals surface area contributed by atoms with Gasteiger partial charge in [-0.05, 0) is 54.6 Å². The summed E-state index contributed by atoms with van der Waals surface area (Å²) >= 11 is 1.81. The van der Waals surface area contributed by atoms with Gasteiger partial charge in [0.1, 0.15) is 5.75 Å². The Labute approximate surface area is 199 Å². The molecule has 0 saturated heterocycles. The Bertz CT molecular complexity index is 1360. The summed E-state index contributed by atoms with van der Waals surface area (Å²) in [6.45, 7) is 4.97. The van der Waals surface area contributed by atoms with E-state index in [0.717, 1.165) is 35.2 Å². The van der Waals surface area contributed by atoms with Crippen molar-refractivity contribution in [1.82, 2.24) is 0 Å². The highest BCUT2D eigenvalue weighted by atomic mass is 32.2. The molecule has 0 fully saturated rings. The molecule has 1 aliphatic rings. The molecule has 0 aromatic heterocycles. The molecule has 4 heteroatoms. The van der Waals surface area contributed by atoms with Gasteiger partial charge in [-0.3, -0.25) is 4.99 Å². The summed E-state index contributed by atoms with van der Waals surface area (Å²) in [7, 11) is 1.69.